The fourth-order valence-electron chi connectivity index (χ4n) is 3.96. The lowest BCUT2D eigenvalue weighted by Crippen LogP contribution is -2.23. The van der Waals surface area contributed by atoms with Gasteiger partial charge >= 0.3 is 5.97 Å². The number of hydrogen-bond acceptors (Lipinski definition) is 4. The summed E-state index contributed by atoms with van der Waals surface area (Å²) in [5.74, 6) is -0.603. The molecule has 5 heteroatoms. The van der Waals surface area contributed by atoms with Crippen LogP contribution in [0.5, 0.6) is 0 Å². The Bertz CT molecular complexity index is 1260. The standard InChI is InChI=1S/C28H26N2O3/c1-4-33-28(32)24-20(3)25(22-17-15-19(2)16-18-22)30(29-24)26(21-11-7-5-8-12-21)27(31)23-13-9-6-10-14-23/h5-18,26H,4H2,1-3H3. The van der Waals surface area contributed by atoms with Crippen LogP contribution in [0.4, 0.5) is 0 Å². The molecular formula is C28H26N2O3. The van der Waals surface area contributed by atoms with Crippen molar-refractivity contribution in [3.05, 3.63) is 113 Å². The molecule has 4 rings (SSSR count). The number of rotatable bonds is 7. The predicted octanol–water partition coefficient (Wildman–Crippen LogP) is 5.82. The van der Waals surface area contributed by atoms with Gasteiger partial charge in [-0.25, -0.2) is 9.48 Å². The third-order valence-electron chi connectivity index (χ3n) is 5.61. The molecule has 1 unspecified atom stereocenters. The maximum atomic E-state index is 13.8. The van der Waals surface area contributed by atoms with Crippen LogP contribution in [0, 0.1) is 13.8 Å². The highest BCUT2D eigenvalue weighted by Crippen LogP contribution is 2.33. The number of ether oxygens (including phenoxy) is 1. The van der Waals surface area contributed by atoms with E-state index in [0.29, 0.717) is 11.1 Å². The molecule has 0 aliphatic carbocycles. The second-order valence-corrected chi connectivity index (χ2v) is 7.90. The van der Waals surface area contributed by atoms with Gasteiger partial charge in [-0.05, 0) is 26.3 Å². The van der Waals surface area contributed by atoms with Gasteiger partial charge in [0.05, 0.1) is 12.3 Å². The molecule has 0 fully saturated rings. The van der Waals surface area contributed by atoms with E-state index in [1.807, 2.05) is 86.6 Å². The van der Waals surface area contributed by atoms with Gasteiger partial charge in [-0.2, -0.15) is 5.10 Å². The number of ketones is 1. The Hall–Kier alpha value is -3.99. The van der Waals surface area contributed by atoms with Crippen molar-refractivity contribution < 1.29 is 14.3 Å². The molecule has 3 aromatic carbocycles. The molecular weight excluding hydrogens is 412 g/mol. The molecule has 0 aliphatic heterocycles. The Labute approximate surface area is 193 Å². The molecule has 0 radical (unpaired) electrons. The van der Waals surface area contributed by atoms with Crippen molar-refractivity contribution in [3.63, 3.8) is 0 Å². The molecule has 0 saturated heterocycles. The lowest BCUT2D eigenvalue weighted by Gasteiger charge is -2.20. The number of Topliss-reactive ketones (excluding diaryl/α,β-unsaturated/α-hetero) is 1. The number of nitrogens with zero attached hydrogens (tertiary/aromatic N) is 2. The molecule has 166 valence electrons. The molecule has 0 saturated carbocycles. The third-order valence-corrected chi connectivity index (χ3v) is 5.61. The summed E-state index contributed by atoms with van der Waals surface area (Å²) >= 11 is 0. The largest absolute Gasteiger partial charge is 0.461 e. The first kappa shape index (κ1) is 22.2. The average molecular weight is 439 g/mol. The minimum atomic E-state index is -0.744. The number of hydrogen-bond donors (Lipinski definition) is 0. The number of esters is 1. The summed E-state index contributed by atoms with van der Waals surface area (Å²) in [7, 11) is 0. The minimum Gasteiger partial charge on any atom is -0.461 e. The topological polar surface area (TPSA) is 61.2 Å². The monoisotopic (exact) mass is 438 g/mol. The summed E-state index contributed by atoms with van der Waals surface area (Å²) in [6.07, 6.45) is 0. The normalized spacial score (nSPS) is 11.7. The van der Waals surface area contributed by atoms with E-state index >= 15 is 0 Å². The van der Waals surface area contributed by atoms with Crippen LogP contribution in [-0.2, 0) is 4.74 Å². The van der Waals surface area contributed by atoms with Crippen molar-refractivity contribution in [2.45, 2.75) is 26.8 Å². The number of aromatic nitrogens is 2. The Kier molecular flexibility index (Phi) is 6.50. The van der Waals surface area contributed by atoms with Crippen LogP contribution in [0.15, 0.2) is 84.9 Å². The smallest absolute Gasteiger partial charge is 0.359 e. The van der Waals surface area contributed by atoms with Crippen LogP contribution < -0.4 is 0 Å². The molecule has 33 heavy (non-hydrogen) atoms. The van der Waals surface area contributed by atoms with Crippen LogP contribution in [-0.4, -0.2) is 28.1 Å². The van der Waals surface area contributed by atoms with Gasteiger partial charge in [0.15, 0.2) is 11.5 Å². The number of benzene rings is 3. The van der Waals surface area contributed by atoms with Gasteiger partial charge in [0.1, 0.15) is 6.04 Å². The first-order chi connectivity index (χ1) is 16.0. The first-order valence-corrected chi connectivity index (χ1v) is 11.0. The van der Waals surface area contributed by atoms with Gasteiger partial charge < -0.3 is 4.74 Å². The fraction of sp³-hybridized carbons (Fsp3) is 0.179. The molecule has 0 amide bonds. The van der Waals surface area contributed by atoms with Gasteiger partial charge in [-0.15, -0.1) is 0 Å². The zero-order valence-corrected chi connectivity index (χ0v) is 19.0. The highest BCUT2D eigenvalue weighted by molar-refractivity contribution is 6.01. The first-order valence-electron chi connectivity index (χ1n) is 11.0. The van der Waals surface area contributed by atoms with Crippen LogP contribution in [0.1, 0.15) is 50.5 Å². The highest BCUT2D eigenvalue weighted by Gasteiger charge is 2.31. The van der Waals surface area contributed by atoms with Crippen molar-refractivity contribution >= 4 is 11.8 Å². The van der Waals surface area contributed by atoms with E-state index in [1.54, 1.807) is 23.7 Å². The molecule has 1 aromatic heterocycles. The maximum Gasteiger partial charge on any atom is 0.359 e. The third kappa shape index (κ3) is 4.48. The average Bonchev–Trinajstić information content (AvgIpc) is 3.18. The fourth-order valence-corrected chi connectivity index (χ4v) is 3.96. The molecule has 1 atom stereocenters. The molecule has 1 heterocycles. The Balaban J connectivity index is 1.97. The van der Waals surface area contributed by atoms with Crippen LogP contribution >= 0.6 is 0 Å². The van der Waals surface area contributed by atoms with Crippen molar-refractivity contribution in [3.8, 4) is 11.3 Å². The van der Waals surface area contributed by atoms with Crippen molar-refractivity contribution in [2.24, 2.45) is 0 Å². The van der Waals surface area contributed by atoms with E-state index in [9.17, 15) is 9.59 Å². The van der Waals surface area contributed by atoms with Gasteiger partial charge in [-0.3, -0.25) is 4.79 Å². The lowest BCUT2D eigenvalue weighted by molar-refractivity contribution is 0.0516. The summed E-state index contributed by atoms with van der Waals surface area (Å²) < 4.78 is 6.94. The summed E-state index contributed by atoms with van der Waals surface area (Å²) in [6.45, 7) is 5.87. The van der Waals surface area contributed by atoms with E-state index in [2.05, 4.69) is 5.10 Å². The molecule has 0 spiro atoms. The van der Waals surface area contributed by atoms with Crippen molar-refractivity contribution in [1.29, 1.82) is 0 Å². The van der Waals surface area contributed by atoms with Crippen molar-refractivity contribution in [2.75, 3.05) is 6.61 Å². The minimum absolute atomic E-state index is 0.104. The zero-order valence-electron chi connectivity index (χ0n) is 19.0. The number of carbonyl (C=O) groups excluding carboxylic acids is 2. The molecule has 0 aliphatic rings. The van der Waals surface area contributed by atoms with Gasteiger partial charge in [0.25, 0.3) is 0 Å². The lowest BCUT2D eigenvalue weighted by atomic mass is 9.96. The summed E-state index contributed by atoms with van der Waals surface area (Å²) in [6, 6.07) is 25.9. The Morgan fingerprint density at radius 3 is 2.09 bits per heavy atom. The van der Waals surface area contributed by atoms with E-state index in [-0.39, 0.29) is 18.1 Å². The van der Waals surface area contributed by atoms with Crippen LogP contribution in [0.25, 0.3) is 11.3 Å². The van der Waals surface area contributed by atoms with E-state index < -0.39 is 12.0 Å². The Morgan fingerprint density at radius 2 is 1.48 bits per heavy atom. The molecule has 4 aromatic rings. The molecule has 5 nitrogen and oxygen atoms in total. The maximum absolute atomic E-state index is 13.8. The van der Waals surface area contributed by atoms with Gasteiger partial charge in [-0.1, -0.05) is 90.5 Å². The zero-order chi connectivity index (χ0) is 23.4. The SMILES string of the molecule is CCOC(=O)c1nn(C(C(=O)c2ccccc2)c2ccccc2)c(-c2ccc(C)cc2)c1C. The number of aryl methyl sites for hydroxylation is 1. The van der Waals surface area contributed by atoms with E-state index in [4.69, 9.17) is 4.74 Å². The summed E-state index contributed by atoms with van der Waals surface area (Å²) in [5, 5.41) is 4.67. The van der Waals surface area contributed by atoms with Gasteiger partial charge in [0.2, 0.25) is 0 Å². The summed E-state index contributed by atoms with van der Waals surface area (Å²) in [5.41, 5.74) is 4.98. The van der Waals surface area contributed by atoms with Crippen LogP contribution in [0.3, 0.4) is 0 Å². The molecule has 0 bridgehead atoms. The summed E-state index contributed by atoms with van der Waals surface area (Å²) in [4.78, 5) is 26.6. The molecule has 0 N–H and O–H groups in total. The van der Waals surface area contributed by atoms with Crippen LogP contribution in [0.2, 0.25) is 0 Å². The Morgan fingerprint density at radius 1 is 0.879 bits per heavy atom. The van der Waals surface area contributed by atoms with E-state index in [0.717, 1.165) is 22.4 Å². The second-order valence-electron chi connectivity index (χ2n) is 7.90. The second kappa shape index (κ2) is 9.65. The highest BCUT2D eigenvalue weighted by atomic mass is 16.5. The van der Waals surface area contributed by atoms with Gasteiger partial charge in [0, 0.05) is 16.7 Å². The van der Waals surface area contributed by atoms with E-state index in [1.165, 1.54) is 0 Å². The van der Waals surface area contributed by atoms with Crippen molar-refractivity contribution in [1.82, 2.24) is 9.78 Å². The predicted molar refractivity (Wildman–Crippen MR) is 128 cm³/mol. The quantitative estimate of drug-likeness (QED) is 0.270. The number of carbonyl (C=O) groups is 2.